The Morgan fingerprint density at radius 2 is 0.883 bits per heavy atom. The molecule has 0 spiro atoms. The molecule has 614 valence electrons. The highest BCUT2D eigenvalue weighted by Gasteiger charge is 2.62. The van der Waals surface area contributed by atoms with E-state index in [0.717, 1.165) is 94.8 Å². The van der Waals surface area contributed by atoms with Crippen LogP contribution < -0.4 is 20.0 Å². The normalized spacial score (nSPS) is 22.0. The average Bonchev–Trinajstić information content (AvgIpc) is 1.57. The first kappa shape index (κ1) is 91.7. The second-order valence-electron chi connectivity index (χ2n) is 33.6. The van der Waals surface area contributed by atoms with Crippen molar-refractivity contribution in [2.24, 2.45) is 45.3 Å². The second-order valence-corrected chi connectivity index (χ2v) is 35.6. The maximum absolute atomic E-state index is 14.3. The van der Waals surface area contributed by atoms with Gasteiger partial charge in [0.05, 0.1) is 81.8 Å². The molecule has 0 bridgehead atoms. The van der Waals surface area contributed by atoms with Gasteiger partial charge in [-0.15, -0.1) is 6.58 Å². The Morgan fingerprint density at radius 3 is 1.23 bits per heavy atom. The van der Waals surface area contributed by atoms with Gasteiger partial charge in [0.2, 0.25) is 33.7 Å². The van der Waals surface area contributed by atoms with Gasteiger partial charge in [0.15, 0.2) is 5.78 Å². The molecule has 8 fully saturated rings. The quantitative estimate of drug-likeness (QED) is 0.0325. The maximum atomic E-state index is 14.3. The Kier molecular flexibility index (Phi) is 33.5. The highest BCUT2D eigenvalue weighted by Crippen LogP contribution is 2.57. The standard InChI is InChI=1S/C33H45N3O7S.C24H34N2O5.C19H31NO5.C6H7BO2.2CH4/c1-5-22-18-33(22,31(40)34-44(41,42)25-15-16-25)19-28(37)27-20-35(23-11-7-6-8-12-23)21-36(27)30(39)26(32(2,3)4)17-29(38)43-24-13-9-10-14-24;1-24(2,3)19(14-21(27)31-18-12-8-9-13-18)22(28)26-16-25(15-20(26)23(29)30-4)17-10-6-5-7-11-17;1-19(2,3)14(12-16(21)25-13-8-5-6-9-13)17(22)20-11-7-10-15(20)18(23)24-4;8-7(9)6-4-2-1-3-5-6;;/h5-8,11-12,22,24-27H,1,9-10,13-21H2,2-4H3,(H,34,40);5-7,10-11,18-20H,8-9,12-16H2,1-4H3;13-15H,5-12H2,1-4H3;1-5,8-9H;2*1H4/t22-,26-,27+,33-;19-,20+;14-,15+;;;/m111.../s1. The molecule has 0 unspecified atom stereocenters. The van der Waals surface area contributed by atoms with Gasteiger partial charge in [-0.3, -0.25) is 43.1 Å². The van der Waals surface area contributed by atoms with Gasteiger partial charge in [-0.05, 0) is 161 Å². The van der Waals surface area contributed by atoms with E-state index in [9.17, 15) is 56.4 Å². The molecular formula is C84H125BN6O19S. The summed E-state index contributed by atoms with van der Waals surface area (Å²) in [6.07, 6.45) is 15.6. The number of nitrogens with one attached hydrogen (secondary N) is 1. The van der Waals surface area contributed by atoms with Gasteiger partial charge in [0.25, 0.3) is 0 Å². The average molecular weight is 1570 g/mol. The number of amides is 4. The van der Waals surface area contributed by atoms with Crippen LogP contribution >= 0.6 is 0 Å². The molecule has 3 aliphatic heterocycles. The number of rotatable bonds is 24. The predicted octanol–water partition coefficient (Wildman–Crippen LogP) is 10.7. The molecule has 3 aromatic rings. The second kappa shape index (κ2) is 40.5. The highest BCUT2D eigenvalue weighted by atomic mass is 32.2. The van der Waals surface area contributed by atoms with Crippen molar-refractivity contribution in [3.8, 4) is 0 Å². The summed E-state index contributed by atoms with van der Waals surface area (Å²) in [5.74, 6) is -5.75. The van der Waals surface area contributed by atoms with Crippen molar-refractivity contribution in [2.45, 2.75) is 254 Å². The summed E-state index contributed by atoms with van der Waals surface area (Å²) in [4.78, 5) is 140. The number of hydrogen-bond acceptors (Lipinski definition) is 21. The molecule has 4 amide bonds. The molecule has 0 radical (unpaired) electrons. The Balaban J connectivity index is 0.000000252. The van der Waals surface area contributed by atoms with Crippen LogP contribution in [-0.4, -0.2) is 188 Å². The highest BCUT2D eigenvalue weighted by molar-refractivity contribution is 7.91. The Hall–Kier alpha value is -8.17. The molecule has 0 aromatic heterocycles. The Morgan fingerprint density at radius 1 is 0.523 bits per heavy atom. The molecule has 3 heterocycles. The first-order valence-corrected chi connectivity index (χ1v) is 40.4. The van der Waals surface area contributed by atoms with Gasteiger partial charge < -0.3 is 58.2 Å². The largest absolute Gasteiger partial charge is 0.488 e. The van der Waals surface area contributed by atoms with Gasteiger partial charge in [-0.25, -0.2) is 18.0 Å². The zero-order valence-electron chi connectivity index (χ0n) is 65.7. The van der Waals surface area contributed by atoms with E-state index in [0.29, 0.717) is 44.2 Å². The predicted molar refractivity (Wildman–Crippen MR) is 425 cm³/mol. The van der Waals surface area contributed by atoms with E-state index in [-0.39, 0.29) is 126 Å². The van der Waals surface area contributed by atoms with E-state index < -0.39 is 97.8 Å². The van der Waals surface area contributed by atoms with Crippen molar-refractivity contribution in [2.75, 3.05) is 57.0 Å². The first-order valence-electron chi connectivity index (χ1n) is 38.9. The molecule has 5 aliphatic carbocycles. The van der Waals surface area contributed by atoms with Crippen LogP contribution in [0.25, 0.3) is 0 Å². The number of nitrogens with zero attached hydrogens (tertiary/aromatic N) is 5. The van der Waals surface area contributed by atoms with Crippen LogP contribution in [-0.2, 0) is 81.7 Å². The zero-order chi connectivity index (χ0) is 79.8. The number of para-hydroxylation sites is 2. The molecular weight excluding hydrogens is 1440 g/mol. The van der Waals surface area contributed by atoms with Gasteiger partial charge >= 0.3 is 37.0 Å². The van der Waals surface area contributed by atoms with E-state index in [2.05, 4.69) is 11.3 Å². The number of carbonyl (C=O) groups excluding carboxylic acids is 10. The monoisotopic (exact) mass is 1560 g/mol. The molecule has 5 saturated carbocycles. The topological polar surface area (TPSA) is 320 Å². The smallest absolute Gasteiger partial charge is 0.467 e. The number of anilines is 2. The first-order chi connectivity index (χ1) is 51.5. The van der Waals surface area contributed by atoms with Crippen molar-refractivity contribution >= 4 is 93.2 Å². The van der Waals surface area contributed by atoms with Gasteiger partial charge in [0, 0.05) is 30.9 Å². The van der Waals surface area contributed by atoms with Crippen molar-refractivity contribution in [3.05, 3.63) is 104 Å². The third kappa shape index (κ3) is 25.2. The van der Waals surface area contributed by atoms with Crippen molar-refractivity contribution in [3.63, 3.8) is 0 Å². The maximum Gasteiger partial charge on any atom is 0.488 e. The summed E-state index contributed by atoms with van der Waals surface area (Å²) in [5, 5.41) is 16.6. The number of carbonyl (C=O) groups is 10. The number of likely N-dealkylation sites (tertiary alicyclic amines) is 1. The number of Topliss-reactive ketones (excluding diaryl/α,β-unsaturated/α-hetero) is 1. The van der Waals surface area contributed by atoms with Crippen LogP contribution in [0, 0.1) is 45.3 Å². The number of benzene rings is 3. The number of hydrogen-bond donors (Lipinski definition) is 3. The molecule has 8 atom stereocenters. The summed E-state index contributed by atoms with van der Waals surface area (Å²) >= 11 is 0. The summed E-state index contributed by atoms with van der Waals surface area (Å²) < 4.78 is 54.1. The van der Waals surface area contributed by atoms with E-state index in [1.165, 1.54) is 19.1 Å². The summed E-state index contributed by atoms with van der Waals surface area (Å²) in [7, 11) is -2.47. The van der Waals surface area contributed by atoms with Gasteiger partial charge in [-0.2, -0.15) is 0 Å². The van der Waals surface area contributed by atoms with E-state index in [1.807, 2.05) is 139 Å². The minimum Gasteiger partial charge on any atom is -0.467 e. The minimum atomic E-state index is -3.79. The molecule has 111 heavy (non-hydrogen) atoms. The summed E-state index contributed by atoms with van der Waals surface area (Å²) in [6, 6.07) is 25.6. The molecule has 27 heteroatoms. The van der Waals surface area contributed by atoms with E-state index in [1.54, 1.807) is 40.1 Å². The number of sulfonamides is 1. The van der Waals surface area contributed by atoms with Crippen LogP contribution in [0.4, 0.5) is 11.4 Å². The number of allylic oxidation sites excluding steroid dienone is 1. The van der Waals surface area contributed by atoms with E-state index >= 15 is 0 Å². The molecule has 3 N–H and O–H groups in total. The van der Waals surface area contributed by atoms with Crippen molar-refractivity contribution in [1.29, 1.82) is 0 Å². The van der Waals surface area contributed by atoms with Crippen LogP contribution in [0.2, 0.25) is 0 Å². The fraction of sp³-hybridized carbons (Fsp3) is 0.643. The molecule has 25 nitrogen and oxygen atoms in total. The Bertz CT molecular complexity index is 3730. The lowest BCUT2D eigenvalue weighted by molar-refractivity contribution is -0.158. The Labute approximate surface area is 659 Å². The fourth-order valence-electron chi connectivity index (χ4n) is 15.5. The zero-order valence-corrected chi connectivity index (χ0v) is 66.6. The van der Waals surface area contributed by atoms with Crippen LogP contribution in [0.1, 0.15) is 212 Å². The SMILES string of the molecule is C.C.C=C[C@@H]1C[C@]1(CC(=O)[C@@H]1CN(c2ccccc2)CN1C(=O)[C@@H](CC(=O)OC1CCCC1)C(C)(C)C)C(=O)NS(=O)(=O)C1CC1.COC(=O)[C@@H]1CCCN1C(=O)[C@@H](CC(=O)OC1CCCC1)C(C)(C)C.COC(=O)[C@@H]1CN(c2ccccc2)CN1C(=O)[C@@H](CC(=O)OC1CCCC1)C(C)(C)C.OB(O)c1ccccc1. The number of ketones is 1. The molecule has 3 saturated heterocycles. The third-order valence-corrected chi connectivity index (χ3v) is 24.3. The number of methoxy groups -OCH3 is 2. The van der Waals surface area contributed by atoms with Crippen LogP contribution in [0.5, 0.6) is 0 Å². The lowest BCUT2D eigenvalue weighted by atomic mass is 9.77. The molecule has 8 aliphatic rings. The van der Waals surface area contributed by atoms with Crippen molar-refractivity contribution < 1.29 is 90.1 Å². The molecule has 3 aromatic carbocycles. The molecule has 11 rings (SSSR count). The minimum absolute atomic E-state index is 0. The third-order valence-electron chi connectivity index (χ3n) is 22.4. The van der Waals surface area contributed by atoms with Gasteiger partial charge in [-0.1, -0.05) is 150 Å². The van der Waals surface area contributed by atoms with Crippen molar-refractivity contribution in [1.82, 2.24) is 19.4 Å². The van der Waals surface area contributed by atoms with Crippen LogP contribution in [0.15, 0.2) is 104 Å². The number of ether oxygens (including phenoxy) is 5. The fourth-order valence-corrected chi connectivity index (χ4v) is 16.8. The van der Waals surface area contributed by atoms with Crippen LogP contribution in [0.3, 0.4) is 0 Å². The number of esters is 5. The van der Waals surface area contributed by atoms with Gasteiger partial charge in [0.1, 0.15) is 36.4 Å². The lowest BCUT2D eigenvalue weighted by Crippen LogP contribution is -2.49. The summed E-state index contributed by atoms with van der Waals surface area (Å²) in [5.41, 5.74) is -0.377. The lowest BCUT2D eigenvalue weighted by Gasteiger charge is -2.34. The van der Waals surface area contributed by atoms with E-state index in [4.69, 9.17) is 33.7 Å². The summed E-state index contributed by atoms with van der Waals surface area (Å²) in [6.45, 7) is 22.7.